The van der Waals surface area contributed by atoms with Crippen molar-refractivity contribution >= 4 is 53.4 Å². The Hall–Kier alpha value is -7.21. The summed E-state index contributed by atoms with van der Waals surface area (Å²) in [5, 5.41) is 4.83. The average molecular weight is 734 g/mol. The minimum absolute atomic E-state index is 0.680. The zero-order valence-corrected chi connectivity index (χ0v) is 30.9. The summed E-state index contributed by atoms with van der Waals surface area (Å²) in [6, 6.07) is 61.7. The molecular weight excluding hydrogens is 703 g/mol. The summed E-state index contributed by atoms with van der Waals surface area (Å²) in [4.78, 5) is 14.3. The first-order valence-electron chi connectivity index (χ1n) is 18.7. The van der Waals surface area contributed by atoms with Gasteiger partial charge < -0.3 is 4.42 Å². The van der Waals surface area contributed by atoms with Crippen molar-refractivity contribution in [2.24, 2.45) is 0 Å². The molecule has 0 saturated carbocycles. The van der Waals surface area contributed by atoms with E-state index in [-0.39, 0.29) is 0 Å². The molecule has 56 heavy (non-hydrogen) atoms. The Labute approximate surface area is 327 Å². The third-order valence-corrected chi connectivity index (χ3v) is 11.9. The van der Waals surface area contributed by atoms with Crippen molar-refractivity contribution in [3.63, 3.8) is 0 Å². The Bertz CT molecular complexity index is 3220. The van der Waals surface area contributed by atoms with Crippen molar-refractivity contribution in [3.8, 4) is 67.3 Å². The minimum atomic E-state index is 0.680. The first-order chi connectivity index (χ1) is 27.7. The van der Waals surface area contributed by atoms with Crippen LogP contribution in [-0.2, 0) is 0 Å². The first kappa shape index (κ1) is 32.2. The molecule has 4 aromatic heterocycles. The van der Waals surface area contributed by atoms with Crippen LogP contribution in [-0.4, -0.2) is 15.0 Å². The molecule has 0 unspecified atom stereocenters. The third-order valence-electron chi connectivity index (χ3n) is 10.7. The molecule has 4 nitrogen and oxygen atoms in total. The number of fused-ring (bicyclic) bond motifs is 6. The van der Waals surface area contributed by atoms with E-state index in [4.69, 9.17) is 14.4 Å². The smallest absolute Gasteiger partial charge is 0.160 e. The van der Waals surface area contributed by atoms with Gasteiger partial charge in [-0.2, -0.15) is 0 Å². The van der Waals surface area contributed by atoms with E-state index in [1.807, 2.05) is 60.1 Å². The fourth-order valence-corrected chi connectivity index (χ4v) is 9.13. The molecule has 0 saturated heterocycles. The topological polar surface area (TPSA) is 51.8 Å². The molecule has 11 aromatic rings. The van der Waals surface area contributed by atoms with E-state index in [1.165, 1.54) is 31.3 Å². The van der Waals surface area contributed by atoms with Gasteiger partial charge in [-0.25, -0.2) is 9.97 Å². The standard InChI is InChI=1S/C51H31N3OS/c1-2-9-35(10-3-1)44-31-45(54-51(53-44)37-23-17-32(18-24-37)33-27-29-52-30-28-33)36-21-19-34(20-22-36)38-25-26-40(48-43-12-4-6-15-46(43)55-49(38)48)42-14-8-13-41-39-11-5-7-16-47(39)56-50(41)42/h1-31H. The van der Waals surface area contributed by atoms with Crippen LogP contribution in [0, 0.1) is 0 Å². The molecule has 4 heterocycles. The molecule has 0 aliphatic heterocycles. The second-order valence-electron chi connectivity index (χ2n) is 14.0. The largest absolute Gasteiger partial charge is 0.455 e. The highest BCUT2D eigenvalue weighted by molar-refractivity contribution is 7.26. The van der Waals surface area contributed by atoms with Gasteiger partial charge in [0.25, 0.3) is 0 Å². The van der Waals surface area contributed by atoms with E-state index in [1.54, 1.807) is 0 Å². The number of nitrogens with zero attached hydrogens (tertiary/aromatic N) is 3. The number of aromatic nitrogens is 3. The van der Waals surface area contributed by atoms with Crippen LogP contribution in [0.2, 0.25) is 0 Å². The maximum atomic E-state index is 6.73. The number of thiophene rings is 1. The lowest BCUT2D eigenvalue weighted by Gasteiger charge is -2.12. The number of hydrogen-bond acceptors (Lipinski definition) is 5. The Balaban J connectivity index is 1.02. The van der Waals surface area contributed by atoms with Gasteiger partial charge in [0, 0.05) is 71.2 Å². The maximum Gasteiger partial charge on any atom is 0.160 e. The third kappa shape index (κ3) is 5.48. The SMILES string of the molecule is c1ccc(-c2cc(-c3ccc(-c4ccc(-c5cccc6c5sc5ccccc56)c5c4oc4ccccc45)cc3)nc(-c3ccc(-c4ccncc4)cc3)n2)cc1. The summed E-state index contributed by atoms with van der Waals surface area (Å²) < 4.78 is 9.32. The predicted molar refractivity (Wildman–Crippen MR) is 233 cm³/mol. The Kier molecular flexibility index (Phi) is 7.64. The van der Waals surface area contributed by atoms with Crippen LogP contribution in [0.4, 0.5) is 0 Å². The van der Waals surface area contributed by atoms with E-state index < -0.39 is 0 Å². The van der Waals surface area contributed by atoms with Crippen molar-refractivity contribution in [3.05, 3.63) is 188 Å². The van der Waals surface area contributed by atoms with Crippen LogP contribution < -0.4 is 0 Å². The highest BCUT2D eigenvalue weighted by Gasteiger charge is 2.20. The average Bonchev–Trinajstić information content (AvgIpc) is 3.86. The van der Waals surface area contributed by atoms with Crippen molar-refractivity contribution in [2.75, 3.05) is 0 Å². The molecular formula is C51H31N3OS. The van der Waals surface area contributed by atoms with Crippen LogP contribution in [0.1, 0.15) is 0 Å². The Morgan fingerprint density at radius 1 is 0.411 bits per heavy atom. The van der Waals surface area contributed by atoms with E-state index in [9.17, 15) is 0 Å². The second-order valence-corrected chi connectivity index (χ2v) is 15.0. The van der Waals surface area contributed by atoms with Gasteiger partial charge in [-0.15, -0.1) is 11.3 Å². The molecule has 0 amide bonds. The highest BCUT2D eigenvalue weighted by atomic mass is 32.1. The van der Waals surface area contributed by atoms with Crippen LogP contribution in [0.15, 0.2) is 193 Å². The number of furan rings is 1. The van der Waals surface area contributed by atoms with Crippen molar-refractivity contribution < 1.29 is 4.42 Å². The van der Waals surface area contributed by atoms with Gasteiger partial charge in [0.1, 0.15) is 11.2 Å². The van der Waals surface area contributed by atoms with Crippen molar-refractivity contribution in [1.82, 2.24) is 15.0 Å². The second kappa shape index (κ2) is 13.3. The maximum absolute atomic E-state index is 6.73. The lowest BCUT2D eigenvalue weighted by atomic mass is 9.93. The molecule has 11 rings (SSSR count). The molecule has 0 fully saturated rings. The van der Waals surface area contributed by atoms with Gasteiger partial charge in [-0.05, 0) is 58.7 Å². The number of pyridine rings is 1. The number of para-hydroxylation sites is 1. The molecule has 0 bridgehead atoms. The van der Waals surface area contributed by atoms with E-state index in [2.05, 4.69) is 145 Å². The summed E-state index contributed by atoms with van der Waals surface area (Å²) in [6.45, 7) is 0. The zero-order chi connectivity index (χ0) is 37.0. The van der Waals surface area contributed by atoms with Crippen LogP contribution >= 0.6 is 11.3 Å². The molecule has 5 heteroatoms. The number of rotatable bonds is 6. The van der Waals surface area contributed by atoms with Gasteiger partial charge in [0.15, 0.2) is 5.82 Å². The molecule has 0 aliphatic rings. The predicted octanol–water partition coefficient (Wildman–Crippen LogP) is 14.1. The molecule has 0 atom stereocenters. The quantitative estimate of drug-likeness (QED) is 0.171. The highest BCUT2D eigenvalue weighted by Crippen LogP contribution is 2.46. The van der Waals surface area contributed by atoms with E-state index in [0.717, 1.165) is 72.3 Å². The lowest BCUT2D eigenvalue weighted by Crippen LogP contribution is -1.96. The van der Waals surface area contributed by atoms with Gasteiger partial charge in [0.05, 0.1) is 11.4 Å². The molecule has 0 radical (unpaired) electrons. The molecule has 7 aromatic carbocycles. The summed E-state index contributed by atoms with van der Waals surface area (Å²) in [6.07, 6.45) is 3.63. The number of hydrogen-bond donors (Lipinski definition) is 0. The normalized spacial score (nSPS) is 11.6. The lowest BCUT2D eigenvalue weighted by molar-refractivity contribution is 0.670. The fourth-order valence-electron chi connectivity index (χ4n) is 7.90. The van der Waals surface area contributed by atoms with Crippen LogP contribution in [0.25, 0.3) is 109 Å². The van der Waals surface area contributed by atoms with E-state index >= 15 is 0 Å². The molecule has 0 spiro atoms. The molecule has 0 aliphatic carbocycles. The van der Waals surface area contributed by atoms with Gasteiger partial charge in [0.2, 0.25) is 0 Å². The van der Waals surface area contributed by atoms with Gasteiger partial charge >= 0.3 is 0 Å². The van der Waals surface area contributed by atoms with Crippen molar-refractivity contribution in [2.45, 2.75) is 0 Å². The summed E-state index contributed by atoms with van der Waals surface area (Å²) in [5.41, 5.74) is 13.3. The first-order valence-corrected chi connectivity index (χ1v) is 19.5. The van der Waals surface area contributed by atoms with Crippen LogP contribution in [0.3, 0.4) is 0 Å². The Morgan fingerprint density at radius 3 is 1.82 bits per heavy atom. The van der Waals surface area contributed by atoms with Gasteiger partial charge in [-0.1, -0.05) is 140 Å². The minimum Gasteiger partial charge on any atom is -0.455 e. The number of benzene rings is 7. The van der Waals surface area contributed by atoms with Gasteiger partial charge in [-0.3, -0.25) is 4.98 Å². The van der Waals surface area contributed by atoms with Crippen molar-refractivity contribution in [1.29, 1.82) is 0 Å². The van der Waals surface area contributed by atoms with Crippen LogP contribution in [0.5, 0.6) is 0 Å². The summed E-state index contributed by atoms with van der Waals surface area (Å²) in [7, 11) is 0. The molecule has 262 valence electrons. The monoisotopic (exact) mass is 733 g/mol. The summed E-state index contributed by atoms with van der Waals surface area (Å²) in [5.74, 6) is 0.680. The molecule has 0 N–H and O–H groups in total. The summed E-state index contributed by atoms with van der Waals surface area (Å²) >= 11 is 1.86. The van der Waals surface area contributed by atoms with E-state index in [0.29, 0.717) is 5.82 Å². The fraction of sp³-hybridized carbons (Fsp3) is 0. The Morgan fingerprint density at radius 2 is 1.02 bits per heavy atom. The zero-order valence-electron chi connectivity index (χ0n) is 30.1.